The molecule has 0 atom stereocenters. The van der Waals surface area contributed by atoms with Gasteiger partial charge in [0.15, 0.2) is 5.82 Å². The lowest BCUT2D eigenvalue weighted by atomic mass is 10.2. The molecule has 1 aromatic heterocycles. The second-order valence-electron chi connectivity index (χ2n) is 4.83. The Morgan fingerprint density at radius 3 is 2.80 bits per heavy atom. The molecule has 7 heteroatoms. The van der Waals surface area contributed by atoms with E-state index in [1.807, 2.05) is 29.2 Å². The Bertz CT molecular complexity index is 617. The van der Waals surface area contributed by atoms with Gasteiger partial charge in [-0.25, -0.2) is 9.48 Å². The molecule has 0 aliphatic carbocycles. The lowest BCUT2D eigenvalue weighted by molar-refractivity contribution is 0.222. The van der Waals surface area contributed by atoms with Crippen molar-refractivity contribution < 1.29 is 4.79 Å². The van der Waals surface area contributed by atoms with Gasteiger partial charge in [0.1, 0.15) is 0 Å². The summed E-state index contributed by atoms with van der Waals surface area (Å²) in [6.45, 7) is 1.66. The summed E-state index contributed by atoms with van der Waals surface area (Å²) < 4.78 is 1.60. The lowest BCUT2D eigenvalue weighted by Crippen LogP contribution is -2.32. The van der Waals surface area contributed by atoms with Gasteiger partial charge in [-0.2, -0.15) is 0 Å². The fourth-order valence-corrected chi connectivity index (χ4v) is 2.33. The smallest absolute Gasteiger partial charge is 0.321 e. The Morgan fingerprint density at radius 2 is 2.10 bits per heavy atom. The topological polar surface area (TPSA) is 75.9 Å². The molecule has 2 amide bonds. The van der Waals surface area contributed by atoms with E-state index >= 15 is 0 Å². The Kier molecular flexibility index (Phi) is 3.32. The highest BCUT2D eigenvalue weighted by Gasteiger charge is 2.18. The van der Waals surface area contributed by atoms with Crippen LogP contribution < -0.4 is 5.32 Å². The second-order valence-corrected chi connectivity index (χ2v) is 4.83. The molecule has 2 heterocycles. The molecule has 0 bridgehead atoms. The molecular formula is C13H16N6O. The Balaban J connectivity index is 1.78. The maximum atomic E-state index is 12.0. The number of anilines is 1. The number of carbonyl (C=O) groups is 1. The molecule has 1 aliphatic rings. The Hall–Kier alpha value is -2.44. The van der Waals surface area contributed by atoms with E-state index in [1.165, 1.54) is 0 Å². The largest absolute Gasteiger partial charge is 0.325 e. The first-order valence-electron chi connectivity index (χ1n) is 6.63. The van der Waals surface area contributed by atoms with Crippen LogP contribution >= 0.6 is 0 Å². The first-order valence-corrected chi connectivity index (χ1v) is 6.63. The van der Waals surface area contributed by atoms with Crippen LogP contribution in [-0.4, -0.2) is 44.2 Å². The summed E-state index contributed by atoms with van der Waals surface area (Å²) in [6, 6.07) is 7.48. The molecule has 20 heavy (non-hydrogen) atoms. The first-order chi connectivity index (χ1) is 9.74. The van der Waals surface area contributed by atoms with E-state index in [0.717, 1.165) is 37.2 Å². The third-order valence-electron chi connectivity index (χ3n) is 3.39. The number of aromatic nitrogens is 4. The maximum Gasteiger partial charge on any atom is 0.321 e. The van der Waals surface area contributed by atoms with Gasteiger partial charge in [0.2, 0.25) is 0 Å². The average molecular weight is 272 g/mol. The van der Waals surface area contributed by atoms with E-state index in [2.05, 4.69) is 20.8 Å². The minimum atomic E-state index is -0.0456. The third-order valence-corrected chi connectivity index (χ3v) is 3.39. The molecule has 0 unspecified atom stereocenters. The van der Waals surface area contributed by atoms with E-state index in [1.54, 1.807) is 11.7 Å². The van der Waals surface area contributed by atoms with Crippen LogP contribution in [0, 0.1) is 0 Å². The van der Waals surface area contributed by atoms with Crippen LogP contribution in [-0.2, 0) is 7.05 Å². The molecule has 3 rings (SSSR count). The third kappa shape index (κ3) is 2.47. The summed E-state index contributed by atoms with van der Waals surface area (Å²) in [4.78, 5) is 13.9. The number of rotatable bonds is 2. The van der Waals surface area contributed by atoms with Gasteiger partial charge in [-0.1, -0.05) is 12.1 Å². The number of benzene rings is 1. The minimum Gasteiger partial charge on any atom is -0.325 e. The molecule has 1 aromatic carbocycles. The van der Waals surface area contributed by atoms with Crippen LogP contribution in [0.25, 0.3) is 11.4 Å². The maximum absolute atomic E-state index is 12.0. The van der Waals surface area contributed by atoms with Gasteiger partial charge >= 0.3 is 6.03 Å². The summed E-state index contributed by atoms with van der Waals surface area (Å²) in [6.07, 6.45) is 2.16. The summed E-state index contributed by atoms with van der Waals surface area (Å²) in [5.41, 5.74) is 1.62. The number of hydrogen-bond acceptors (Lipinski definition) is 4. The van der Waals surface area contributed by atoms with Crippen LogP contribution in [0.15, 0.2) is 24.3 Å². The molecule has 1 saturated heterocycles. The van der Waals surface area contributed by atoms with Crippen molar-refractivity contribution in [3.8, 4) is 11.4 Å². The molecule has 0 spiro atoms. The van der Waals surface area contributed by atoms with Crippen molar-refractivity contribution in [1.29, 1.82) is 0 Å². The number of tetrazole rings is 1. The van der Waals surface area contributed by atoms with Crippen molar-refractivity contribution in [2.24, 2.45) is 7.05 Å². The fourth-order valence-electron chi connectivity index (χ4n) is 2.33. The standard InChI is InChI=1S/C13H16N6O/c1-18-12(15-16-17-18)10-5-4-6-11(9-10)14-13(20)19-7-2-3-8-19/h4-6,9H,2-3,7-8H2,1H3,(H,14,20). The number of amides is 2. The molecule has 1 N–H and O–H groups in total. The number of carbonyl (C=O) groups excluding carboxylic acids is 1. The number of urea groups is 1. The summed E-state index contributed by atoms with van der Waals surface area (Å²) >= 11 is 0. The van der Waals surface area contributed by atoms with Crippen molar-refractivity contribution in [2.45, 2.75) is 12.8 Å². The summed E-state index contributed by atoms with van der Waals surface area (Å²) in [7, 11) is 1.78. The predicted molar refractivity (Wildman–Crippen MR) is 74.1 cm³/mol. The number of hydrogen-bond donors (Lipinski definition) is 1. The van der Waals surface area contributed by atoms with Crippen LogP contribution in [0.2, 0.25) is 0 Å². The van der Waals surface area contributed by atoms with Gasteiger partial charge in [0.25, 0.3) is 0 Å². The van der Waals surface area contributed by atoms with Crippen LogP contribution in [0.4, 0.5) is 10.5 Å². The number of likely N-dealkylation sites (tertiary alicyclic amines) is 1. The molecule has 104 valence electrons. The lowest BCUT2D eigenvalue weighted by Gasteiger charge is -2.16. The molecule has 7 nitrogen and oxygen atoms in total. The van der Waals surface area contributed by atoms with Gasteiger partial charge in [-0.15, -0.1) is 5.10 Å². The van der Waals surface area contributed by atoms with Crippen LogP contribution in [0.5, 0.6) is 0 Å². The normalized spacial score (nSPS) is 14.6. The highest BCUT2D eigenvalue weighted by Crippen LogP contribution is 2.20. The van der Waals surface area contributed by atoms with Crippen LogP contribution in [0.3, 0.4) is 0 Å². The summed E-state index contributed by atoms with van der Waals surface area (Å²) in [5.74, 6) is 0.669. The zero-order chi connectivity index (χ0) is 13.9. The van der Waals surface area contributed by atoms with E-state index in [0.29, 0.717) is 5.82 Å². The average Bonchev–Trinajstić information content (AvgIpc) is 3.10. The number of nitrogens with zero attached hydrogens (tertiary/aromatic N) is 5. The molecule has 0 saturated carbocycles. The van der Waals surface area contributed by atoms with Gasteiger partial charge in [-0.05, 0) is 35.4 Å². The molecule has 1 fully saturated rings. The summed E-state index contributed by atoms with van der Waals surface area (Å²) in [5, 5.41) is 14.3. The van der Waals surface area contributed by atoms with Crippen molar-refractivity contribution in [3.05, 3.63) is 24.3 Å². The Morgan fingerprint density at radius 1 is 1.30 bits per heavy atom. The monoisotopic (exact) mass is 272 g/mol. The van der Waals surface area contributed by atoms with Gasteiger partial charge < -0.3 is 10.2 Å². The van der Waals surface area contributed by atoms with E-state index in [-0.39, 0.29) is 6.03 Å². The minimum absolute atomic E-state index is 0.0456. The first kappa shape index (κ1) is 12.6. The van der Waals surface area contributed by atoms with E-state index < -0.39 is 0 Å². The van der Waals surface area contributed by atoms with Crippen molar-refractivity contribution in [3.63, 3.8) is 0 Å². The van der Waals surface area contributed by atoms with Gasteiger partial charge in [0.05, 0.1) is 0 Å². The zero-order valence-corrected chi connectivity index (χ0v) is 11.3. The second kappa shape index (κ2) is 5.28. The van der Waals surface area contributed by atoms with Crippen molar-refractivity contribution >= 4 is 11.7 Å². The van der Waals surface area contributed by atoms with E-state index in [4.69, 9.17) is 0 Å². The highest BCUT2D eigenvalue weighted by atomic mass is 16.2. The predicted octanol–water partition coefficient (Wildman–Crippen LogP) is 1.50. The van der Waals surface area contributed by atoms with Crippen LogP contribution in [0.1, 0.15) is 12.8 Å². The van der Waals surface area contributed by atoms with Crippen molar-refractivity contribution in [1.82, 2.24) is 25.1 Å². The highest BCUT2D eigenvalue weighted by molar-refractivity contribution is 5.90. The Labute approximate surface area is 116 Å². The quantitative estimate of drug-likeness (QED) is 0.899. The fraction of sp³-hybridized carbons (Fsp3) is 0.385. The molecular weight excluding hydrogens is 256 g/mol. The van der Waals surface area contributed by atoms with Gasteiger partial charge in [0, 0.05) is 31.4 Å². The SMILES string of the molecule is Cn1nnnc1-c1cccc(NC(=O)N2CCCC2)c1. The van der Waals surface area contributed by atoms with E-state index in [9.17, 15) is 4.79 Å². The van der Waals surface area contributed by atoms with Gasteiger partial charge in [-0.3, -0.25) is 0 Å². The number of aryl methyl sites for hydroxylation is 1. The molecule has 0 radical (unpaired) electrons. The van der Waals surface area contributed by atoms with Crippen molar-refractivity contribution in [2.75, 3.05) is 18.4 Å². The zero-order valence-electron chi connectivity index (χ0n) is 11.3. The molecule has 2 aromatic rings. The number of nitrogens with one attached hydrogen (secondary N) is 1. The molecule has 1 aliphatic heterocycles.